The number of aliphatic imine (C=N–C) groups is 1. The Hall–Kier alpha value is -0.900. The highest BCUT2D eigenvalue weighted by molar-refractivity contribution is 14.0. The lowest BCUT2D eigenvalue weighted by Crippen LogP contribution is -2.53. The fraction of sp³-hybridized carbons (Fsp3) is 0.720. The Morgan fingerprint density at radius 3 is 2.50 bits per heavy atom. The lowest BCUT2D eigenvalue weighted by atomic mass is 9.98. The lowest BCUT2D eigenvalue weighted by molar-refractivity contribution is -0.0817. The van der Waals surface area contributed by atoms with E-state index in [0.29, 0.717) is 6.54 Å². The molecule has 7 heteroatoms. The molecular formula is C25H41IN4O2. The third-order valence-electron chi connectivity index (χ3n) is 6.90. The predicted octanol–water partition coefficient (Wildman–Crippen LogP) is 3.88. The first-order chi connectivity index (χ1) is 15.2. The summed E-state index contributed by atoms with van der Waals surface area (Å²) in [6.45, 7) is 12.9. The molecule has 180 valence electrons. The van der Waals surface area contributed by atoms with Gasteiger partial charge in [0.15, 0.2) is 5.96 Å². The summed E-state index contributed by atoms with van der Waals surface area (Å²) in [5.74, 6) is 1.86. The Morgan fingerprint density at radius 2 is 1.78 bits per heavy atom. The number of ether oxygens (including phenoxy) is 2. The fourth-order valence-corrected chi connectivity index (χ4v) is 4.90. The van der Waals surface area contributed by atoms with Crippen LogP contribution >= 0.6 is 24.0 Å². The molecule has 1 N–H and O–H groups in total. The van der Waals surface area contributed by atoms with Gasteiger partial charge in [0, 0.05) is 32.8 Å². The van der Waals surface area contributed by atoms with E-state index in [0.717, 1.165) is 64.1 Å². The molecule has 0 aromatic heterocycles. The number of benzene rings is 1. The molecule has 3 heterocycles. The molecule has 1 aromatic rings. The van der Waals surface area contributed by atoms with Crippen LogP contribution < -0.4 is 5.32 Å². The minimum Gasteiger partial charge on any atom is -0.375 e. The van der Waals surface area contributed by atoms with Crippen molar-refractivity contribution in [3.05, 3.63) is 35.4 Å². The van der Waals surface area contributed by atoms with E-state index in [1.165, 1.54) is 37.1 Å². The van der Waals surface area contributed by atoms with Crippen molar-refractivity contribution in [3.8, 4) is 0 Å². The van der Waals surface area contributed by atoms with Gasteiger partial charge in [-0.3, -0.25) is 4.90 Å². The summed E-state index contributed by atoms with van der Waals surface area (Å²) in [6, 6.07) is 8.82. The van der Waals surface area contributed by atoms with Gasteiger partial charge in [-0.1, -0.05) is 31.2 Å². The number of nitrogens with zero attached hydrogens (tertiary/aromatic N) is 3. The Labute approximate surface area is 211 Å². The lowest BCUT2D eigenvalue weighted by Gasteiger charge is -2.37. The van der Waals surface area contributed by atoms with Gasteiger partial charge < -0.3 is 19.7 Å². The fourth-order valence-electron chi connectivity index (χ4n) is 4.90. The first kappa shape index (κ1) is 25.7. The van der Waals surface area contributed by atoms with Crippen LogP contribution in [0.3, 0.4) is 0 Å². The van der Waals surface area contributed by atoms with Gasteiger partial charge in [0.25, 0.3) is 0 Å². The third kappa shape index (κ3) is 7.05. The van der Waals surface area contributed by atoms with Crippen LogP contribution in [0.5, 0.6) is 0 Å². The second-order valence-corrected chi connectivity index (χ2v) is 9.30. The molecule has 0 radical (unpaired) electrons. The van der Waals surface area contributed by atoms with Gasteiger partial charge in [-0.05, 0) is 62.7 Å². The van der Waals surface area contributed by atoms with Crippen molar-refractivity contribution in [1.82, 2.24) is 15.1 Å². The zero-order valence-electron chi connectivity index (χ0n) is 19.8. The highest BCUT2D eigenvalue weighted by Crippen LogP contribution is 2.22. The minimum atomic E-state index is 0. The van der Waals surface area contributed by atoms with Crippen molar-refractivity contribution in [3.63, 3.8) is 0 Å². The molecule has 3 aliphatic heterocycles. The Bertz CT molecular complexity index is 718. The van der Waals surface area contributed by atoms with E-state index in [2.05, 4.69) is 53.2 Å². The maximum absolute atomic E-state index is 6.04. The first-order valence-corrected chi connectivity index (χ1v) is 12.3. The van der Waals surface area contributed by atoms with Crippen molar-refractivity contribution < 1.29 is 9.47 Å². The predicted molar refractivity (Wildman–Crippen MR) is 141 cm³/mol. The SMILES string of the molecule is CCNC(=NCc1ccccc1CN1CCC(C)CC1)N1CCOC(C2CCCO2)C1.I. The van der Waals surface area contributed by atoms with Crippen LogP contribution in [0.25, 0.3) is 0 Å². The number of hydrogen-bond acceptors (Lipinski definition) is 4. The Morgan fingerprint density at radius 1 is 1.03 bits per heavy atom. The van der Waals surface area contributed by atoms with Crippen LogP contribution in [-0.2, 0) is 22.6 Å². The number of nitrogens with one attached hydrogen (secondary N) is 1. The molecule has 0 spiro atoms. The summed E-state index contributed by atoms with van der Waals surface area (Å²) in [5.41, 5.74) is 2.75. The number of likely N-dealkylation sites (tertiary alicyclic amines) is 1. The van der Waals surface area contributed by atoms with Crippen molar-refractivity contribution in [1.29, 1.82) is 0 Å². The number of halogens is 1. The smallest absolute Gasteiger partial charge is 0.194 e. The van der Waals surface area contributed by atoms with E-state index >= 15 is 0 Å². The maximum atomic E-state index is 6.04. The normalized spacial score (nSPS) is 25.6. The van der Waals surface area contributed by atoms with E-state index in [4.69, 9.17) is 14.5 Å². The number of hydrogen-bond donors (Lipinski definition) is 1. The molecule has 0 saturated carbocycles. The van der Waals surface area contributed by atoms with Gasteiger partial charge >= 0.3 is 0 Å². The Kier molecular flexibility index (Phi) is 10.5. The zero-order valence-corrected chi connectivity index (χ0v) is 22.1. The van der Waals surface area contributed by atoms with E-state index in [9.17, 15) is 0 Å². The third-order valence-corrected chi connectivity index (χ3v) is 6.90. The van der Waals surface area contributed by atoms with Gasteiger partial charge in [0.1, 0.15) is 6.10 Å². The second kappa shape index (κ2) is 13.1. The largest absolute Gasteiger partial charge is 0.375 e. The van der Waals surface area contributed by atoms with Gasteiger partial charge in [-0.15, -0.1) is 24.0 Å². The molecule has 2 atom stereocenters. The summed E-state index contributed by atoms with van der Waals surface area (Å²) < 4.78 is 11.9. The molecule has 0 bridgehead atoms. The van der Waals surface area contributed by atoms with Crippen LogP contribution in [-0.4, -0.2) is 73.9 Å². The van der Waals surface area contributed by atoms with E-state index < -0.39 is 0 Å². The number of guanidine groups is 1. The van der Waals surface area contributed by atoms with Gasteiger partial charge in [-0.2, -0.15) is 0 Å². The molecule has 6 nitrogen and oxygen atoms in total. The van der Waals surface area contributed by atoms with Crippen molar-refractivity contribution in [2.45, 2.75) is 64.8 Å². The molecule has 3 aliphatic rings. The molecular weight excluding hydrogens is 515 g/mol. The van der Waals surface area contributed by atoms with Crippen LogP contribution in [0.2, 0.25) is 0 Å². The summed E-state index contributed by atoms with van der Waals surface area (Å²) in [4.78, 5) is 10.0. The quantitative estimate of drug-likeness (QED) is 0.328. The number of morpholine rings is 1. The average Bonchev–Trinajstić information content (AvgIpc) is 3.34. The summed E-state index contributed by atoms with van der Waals surface area (Å²) in [7, 11) is 0. The van der Waals surface area contributed by atoms with E-state index in [1.807, 2.05) is 0 Å². The zero-order chi connectivity index (χ0) is 21.5. The second-order valence-electron chi connectivity index (χ2n) is 9.30. The molecule has 3 saturated heterocycles. The monoisotopic (exact) mass is 556 g/mol. The number of rotatable bonds is 6. The molecule has 4 rings (SSSR count). The van der Waals surface area contributed by atoms with Crippen LogP contribution in [0.15, 0.2) is 29.3 Å². The summed E-state index contributed by atoms with van der Waals surface area (Å²) in [5, 5.41) is 3.51. The average molecular weight is 557 g/mol. The standard InChI is InChI=1S/C25H40N4O2.HI/c1-3-26-25(29-14-16-31-24(19-29)23-9-6-15-30-23)27-17-21-7-4-5-8-22(21)18-28-12-10-20(2)11-13-28;/h4-5,7-8,20,23-24H,3,6,9-19H2,1-2H3,(H,26,27);1H. The van der Waals surface area contributed by atoms with Crippen LogP contribution in [0.4, 0.5) is 0 Å². The first-order valence-electron chi connectivity index (χ1n) is 12.3. The molecule has 0 aliphatic carbocycles. The molecule has 32 heavy (non-hydrogen) atoms. The van der Waals surface area contributed by atoms with E-state index in [1.54, 1.807) is 0 Å². The van der Waals surface area contributed by atoms with Gasteiger partial charge in [-0.25, -0.2) is 4.99 Å². The van der Waals surface area contributed by atoms with Crippen molar-refractivity contribution in [2.75, 3.05) is 45.9 Å². The van der Waals surface area contributed by atoms with Crippen LogP contribution in [0, 0.1) is 5.92 Å². The van der Waals surface area contributed by atoms with E-state index in [-0.39, 0.29) is 36.2 Å². The van der Waals surface area contributed by atoms with Gasteiger partial charge in [0.05, 0.1) is 19.3 Å². The van der Waals surface area contributed by atoms with Crippen molar-refractivity contribution in [2.24, 2.45) is 10.9 Å². The minimum absolute atomic E-state index is 0. The van der Waals surface area contributed by atoms with Crippen LogP contribution in [0.1, 0.15) is 50.7 Å². The highest BCUT2D eigenvalue weighted by Gasteiger charge is 2.32. The molecule has 0 amide bonds. The summed E-state index contributed by atoms with van der Waals surface area (Å²) >= 11 is 0. The topological polar surface area (TPSA) is 49.3 Å². The Balaban J connectivity index is 0.00000289. The molecule has 2 unspecified atom stereocenters. The molecule has 1 aromatic carbocycles. The summed E-state index contributed by atoms with van der Waals surface area (Å²) in [6.07, 6.45) is 5.26. The highest BCUT2D eigenvalue weighted by atomic mass is 127. The number of piperidine rings is 1. The van der Waals surface area contributed by atoms with Crippen molar-refractivity contribution >= 4 is 29.9 Å². The molecule has 3 fully saturated rings. The van der Waals surface area contributed by atoms with Gasteiger partial charge in [0.2, 0.25) is 0 Å². The maximum Gasteiger partial charge on any atom is 0.194 e.